The van der Waals surface area contributed by atoms with E-state index in [2.05, 4.69) is 4.98 Å². The molecule has 0 atom stereocenters. The van der Waals surface area contributed by atoms with Crippen LogP contribution in [0, 0.1) is 0 Å². The van der Waals surface area contributed by atoms with Gasteiger partial charge in [0, 0.05) is 5.56 Å². The normalized spacial score (nSPS) is 11.9. The maximum atomic E-state index is 12.5. The van der Waals surface area contributed by atoms with Crippen molar-refractivity contribution in [3.05, 3.63) is 41.3 Å². The van der Waals surface area contributed by atoms with Crippen LogP contribution in [0.25, 0.3) is 11.5 Å². The molecule has 0 fully saturated rings. The Morgan fingerprint density at radius 3 is 2.19 bits per heavy atom. The van der Waals surface area contributed by atoms with E-state index in [1.54, 1.807) is 13.8 Å². The Balaban J connectivity index is 2.43. The van der Waals surface area contributed by atoms with E-state index in [0.29, 0.717) is 0 Å². The van der Waals surface area contributed by atoms with Gasteiger partial charge in [0.2, 0.25) is 11.7 Å². The van der Waals surface area contributed by atoms with Crippen LogP contribution in [0.3, 0.4) is 0 Å². The largest absolute Gasteiger partial charge is 0.475 e. The van der Waals surface area contributed by atoms with Gasteiger partial charge < -0.3 is 9.52 Å². The number of hydrogen-bond acceptors (Lipinski definition) is 3. The van der Waals surface area contributed by atoms with Crippen molar-refractivity contribution in [3.8, 4) is 11.5 Å². The van der Waals surface area contributed by atoms with Crippen LogP contribution in [0.1, 0.15) is 41.6 Å². The summed E-state index contributed by atoms with van der Waals surface area (Å²) in [6, 6.07) is 4.19. The molecule has 7 heteroatoms. The van der Waals surface area contributed by atoms with Crippen LogP contribution in [0.15, 0.2) is 28.7 Å². The lowest BCUT2D eigenvalue weighted by Crippen LogP contribution is -2.04. The Bertz CT molecular complexity index is 657. The number of halogens is 3. The van der Waals surface area contributed by atoms with Crippen LogP contribution in [-0.4, -0.2) is 16.1 Å². The first kappa shape index (κ1) is 15.1. The summed E-state index contributed by atoms with van der Waals surface area (Å²) in [5, 5.41) is 9.04. The number of oxazole rings is 1. The molecule has 1 heterocycles. The Kier molecular flexibility index (Phi) is 3.76. The highest BCUT2D eigenvalue weighted by molar-refractivity contribution is 5.86. The van der Waals surface area contributed by atoms with Crippen molar-refractivity contribution in [2.75, 3.05) is 0 Å². The molecule has 2 aromatic rings. The van der Waals surface area contributed by atoms with E-state index >= 15 is 0 Å². The van der Waals surface area contributed by atoms with Gasteiger partial charge in [-0.1, -0.05) is 13.8 Å². The molecule has 0 bridgehead atoms. The van der Waals surface area contributed by atoms with Gasteiger partial charge in [0.1, 0.15) is 0 Å². The molecule has 4 nitrogen and oxygen atoms in total. The summed E-state index contributed by atoms with van der Waals surface area (Å²) in [6.07, 6.45) is -4.43. The van der Waals surface area contributed by atoms with E-state index in [9.17, 15) is 18.0 Å². The van der Waals surface area contributed by atoms with Gasteiger partial charge in [-0.15, -0.1) is 0 Å². The minimum absolute atomic E-state index is 0.00942. The topological polar surface area (TPSA) is 63.3 Å². The molecule has 1 N–H and O–H groups in total. The first-order valence-corrected chi connectivity index (χ1v) is 6.11. The third kappa shape index (κ3) is 3.07. The number of nitrogens with zero attached hydrogens (tertiary/aromatic N) is 1. The minimum atomic E-state index is -4.43. The molecule has 0 unspecified atom stereocenters. The van der Waals surface area contributed by atoms with E-state index < -0.39 is 17.7 Å². The van der Waals surface area contributed by atoms with Crippen molar-refractivity contribution in [2.45, 2.75) is 25.9 Å². The van der Waals surface area contributed by atoms with Gasteiger partial charge in [-0.05, 0) is 30.2 Å². The first-order chi connectivity index (χ1) is 9.70. The average Bonchev–Trinajstić information content (AvgIpc) is 2.83. The van der Waals surface area contributed by atoms with Crippen molar-refractivity contribution in [1.29, 1.82) is 0 Å². The van der Waals surface area contributed by atoms with Gasteiger partial charge in [0.25, 0.3) is 0 Å². The summed E-state index contributed by atoms with van der Waals surface area (Å²) >= 11 is 0. The highest BCUT2D eigenvalue weighted by Gasteiger charge is 2.30. The van der Waals surface area contributed by atoms with Crippen LogP contribution >= 0.6 is 0 Å². The lowest BCUT2D eigenvalue weighted by atomic mass is 10.1. The molecule has 112 valence electrons. The van der Waals surface area contributed by atoms with E-state index in [1.165, 1.54) is 12.1 Å². The third-order valence-corrected chi connectivity index (χ3v) is 2.85. The molecule has 0 aliphatic heterocycles. The zero-order chi connectivity index (χ0) is 15.8. The van der Waals surface area contributed by atoms with Crippen molar-refractivity contribution in [2.24, 2.45) is 0 Å². The maximum Gasteiger partial charge on any atom is 0.416 e. The smallest absolute Gasteiger partial charge is 0.416 e. The molecular formula is C14H12F3NO3. The SMILES string of the molecule is CC(C)c1nc(-c2ccc(C(F)(F)F)cc2)oc1C(=O)O. The Hall–Kier alpha value is -2.31. The Morgan fingerprint density at radius 2 is 1.81 bits per heavy atom. The van der Waals surface area contributed by atoms with Gasteiger partial charge in [-0.3, -0.25) is 0 Å². The Morgan fingerprint density at radius 1 is 1.24 bits per heavy atom. The van der Waals surface area contributed by atoms with E-state index in [0.717, 1.165) is 12.1 Å². The number of aromatic carboxylic acids is 1. The quantitative estimate of drug-likeness (QED) is 0.923. The average molecular weight is 299 g/mol. The van der Waals surface area contributed by atoms with Crippen molar-refractivity contribution < 1.29 is 27.5 Å². The monoisotopic (exact) mass is 299 g/mol. The lowest BCUT2D eigenvalue weighted by Gasteiger charge is -2.06. The fourth-order valence-corrected chi connectivity index (χ4v) is 1.80. The summed E-state index contributed by atoms with van der Waals surface area (Å²) in [5.41, 5.74) is -0.241. The van der Waals surface area contributed by atoms with Crippen LogP contribution in [0.4, 0.5) is 13.2 Å². The van der Waals surface area contributed by atoms with Crippen molar-refractivity contribution >= 4 is 5.97 Å². The zero-order valence-electron chi connectivity index (χ0n) is 11.2. The number of benzene rings is 1. The summed E-state index contributed by atoms with van der Waals surface area (Å²) in [7, 11) is 0. The van der Waals surface area contributed by atoms with E-state index in [4.69, 9.17) is 9.52 Å². The maximum absolute atomic E-state index is 12.5. The molecule has 0 amide bonds. The third-order valence-electron chi connectivity index (χ3n) is 2.85. The minimum Gasteiger partial charge on any atom is -0.475 e. The summed E-state index contributed by atoms with van der Waals surface area (Å²) in [4.78, 5) is 15.1. The number of carbonyl (C=O) groups is 1. The highest BCUT2D eigenvalue weighted by atomic mass is 19.4. The number of carboxylic acids is 1. The fourth-order valence-electron chi connectivity index (χ4n) is 1.80. The number of alkyl halides is 3. The number of rotatable bonds is 3. The molecule has 0 saturated carbocycles. The van der Waals surface area contributed by atoms with Gasteiger partial charge in [-0.2, -0.15) is 13.2 Å². The molecular weight excluding hydrogens is 287 g/mol. The predicted molar refractivity (Wildman–Crippen MR) is 68.0 cm³/mol. The molecule has 1 aromatic heterocycles. The molecule has 21 heavy (non-hydrogen) atoms. The second-order valence-corrected chi connectivity index (χ2v) is 4.77. The van der Waals surface area contributed by atoms with E-state index in [-0.39, 0.29) is 28.8 Å². The summed E-state index contributed by atoms with van der Waals surface area (Å²) in [5.74, 6) is -1.74. The summed E-state index contributed by atoms with van der Waals surface area (Å²) in [6.45, 7) is 3.50. The second-order valence-electron chi connectivity index (χ2n) is 4.77. The molecule has 0 aliphatic rings. The van der Waals surface area contributed by atoms with Crippen LogP contribution in [0.2, 0.25) is 0 Å². The Labute approximate surface area is 118 Å². The summed E-state index contributed by atoms with van der Waals surface area (Å²) < 4.78 is 42.6. The molecule has 0 radical (unpaired) electrons. The number of hydrogen-bond donors (Lipinski definition) is 1. The predicted octanol–water partition coefficient (Wildman–Crippen LogP) is 4.18. The molecule has 0 aliphatic carbocycles. The first-order valence-electron chi connectivity index (χ1n) is 6.11. The van der Waals surface area contributed by atoms with E-state index in [1.807, 2.05) is 0 Å². The molecule has 0 spiro atoms. The van der Waals surface area contributed by atoms with Gasteiger partial charge in [0.05, 0.1) is 11.3 Å². The fraction of sp³-hybridized carbons (Fsp3) is 0.286. The highest BCUT2D eigenvalue weighted by Crippen LogP contribution is 2.32. The molecule has 2 rings (SSSR count). The van der Waals surface area contributed by atoms with Crippen LogP contribution < -0.4 is 0 Å². The van der Waals surface area contributed by atoms with Gasteiger partial charge in [-0.25, -0.2) is 9.78 Å². The number of aromatic nitrogens is 1. The lowest BCUT2D eigenvalue weighted by molar-refractivity contribution is -0.137. The zero-order valence-corrected chi connectivity index (χ0v) is 11.2. The standard InChI is InChI=1S/C14H12F3NO3/c1-7(2)10-11(13(19)20)21-12(18-10)8-3-5-9(6-4-8)14(15,16)17/h3-7H,1-2H3,(H,19,20). The van der Waals surface area contributed by atoms with Crippen molar-refractivity contribution in [1.82, 2.24) is 4.98 Å². The number of carboxylic acid groups (broad SMARTS) is 1. The van der Waals surface area contributed by atoms with Gasteiger partial charge >= 0.3 is 12.1 Å². The molecule has 1 aromatic carbocycles. The van der Waals surface area contributed by atoms with Crippen molar-refractivity contribution in [3.63, 3.8) is 0 Å². The van der Waals surface area contributed by atoms with Crippen LogP contribution in [-0.2, 0) is 6.18 Å². The van der Waals surface area contributed by atoms with Crippen LogP contribution in [0.5, 0.6) is 0 Å². The van der Waals surface area contributed by atoms with Gasteiger partial charge in [0.15, 0.2) is 0 Å². The second kappa shape index (κ2) is 5.23. The molecule has 0 saturated heterocycles.